The topological polar surface area (TPSA) is 78.0 Å². The smallest absolute Gasteiger partial charge is 0.255 e. The van der Waals surface area contributed by atoms with Crippen LogP contribution in [0.1, 0.15) is 10.4 Å². The number of anilines is 1. The van der Waals surface area contributed by atoms with Crippen molar-refractivity contribution in [3.63, 3.8) is 0 Å². The van der Waals surface area contributed by atoms with Crippen molar-refractivity contribution in [2.24, 2.45) is 0 Å². The summed E-state index contributed by atoms with van der Waals surface area (Å²) >= 11 is 5.92. The highest BCUT2D eigenvalue weighted by Gasteiger charge is 2.11. The summed E-state index contributed by atoms with van der Waals surface area (Å²) in [6, 6.07) is 19.3. The Balaban J connectivity index is 1.52. The third-order valence-corrected chi connectivity index (χ3v) is 4.59. The number of nitrogens with one attached hydrogen (secondary N) is 2. The molecule has 0 spiro atoms. The molecule has 0 atom stereocenters. The molecular formula is C22H15ClFN3O2. The zero-order valence-corrected chi connectivity index (χ0v) is 15.7. The van der Waals surface area contributed by atoms with Crippen molar-refractivity contribution in [2.45, 2.75) is 0 Å². The Morgan fingerprint density at radius 2 is 1.83 bits per heavy atom. The maximum atomic E-state index is 13.5. The first-order valence-electron chi connectivity index (χ1n) is 8.71. The summed E-state index contributed by atoms with van der Waals surface area (Å²) in [7, 11) is 0. The predicted octanol–water partition coefficient (Wildman–Crippen LogP) is 5.49. The van der Waals surface area contributed by atoms with Gasteiger partial charge in [-0.05, 0) is 54.6 Å². The number of H-pyrrole nitrogens is 1. The van der Waals surface area contributed by atoms with E-state index in [1.54, 1.807) is 54.6 Å². The first kappa shape index (κ1) is 18.7. The van der Waals surface area contributed by atoms with E-state index in [4.69, 9.17) is 11.6 Å². The van der Waals surface area contributed by atoms with Gasteiger partial charge in [-0.1, -0.05) is 29.8 Å². The largest absolute Gasteiger partial charge is 0.507 e. The fraction of sp³-hybridized carbons (Fsp3) is 0. The molecule has 7 heteroatoms. The summed E-state index contributed by atoms with van der Waals surface area (Å²) in [4.78, 5) is 12.3. The van der Waals surface area contributed by atoms with Crippen molar-refractivity contribution in [1.29, 1.82) is 0 Å². The van der Waals surface area contributed by atoms with Gasteiger partial charge in [0.05, 0.1) is 11.4 Å². The molecule has 0 saturated heterocycles. The van der Waals surface area contributed by atoms with Crippen molar-refractivity contribution in [2.75, 3.05) is 5.32 Å². The fourth-order valence-corrected chi connectivity index (χ4v) is 3.08. The van der Waals surface area contributed by atoms with Gasteiger partial charge in [0.2, 0.25) is 0 Å². The van der Waals surface area contributed by atoms with Crippen LogP contribution < -0.4 is 5.32 Å². The molecule has 0 radical (unpaired) electrons. The summed E-state index contributed by atoms with van der Waals surface area (Å²) < 4.78 is 13.5. The molecule has 0 aliphatic rings. The van der Waals surface area contributed by atoms with E-state index in [9.17, 15) is 14.3 Å². The number of aromatic hydroxyl groups is 1. The van der Waals surface area contributed by atoms with Crippen LogP contribution in [0.3, 0.4) is 0 Å². The van der Waals surface area contributed by atoms with Crippen molar-refractivity contribution >= 4 is 23.2 Å². The molecule has 0 saturated carbocycles. The zero-order valence-electron chi connectivity index (χ0n) is 15.0. The normalized spacial score (nSPS) is 10.7. The molecule has 0 bridgehead atoms. The number of amides is 1. The van der Waals surface area contributed by atoms with Gasteiger partial charge in [-0.3, -0.25) is 9.89 Å². The van der Waals surface area contributed by atoms with Crippen molar-refractivity contribution < 1.29 is 14.3 Å². The molecule has 29 heavy (non-hydrogen) atoms. The highest BCUT2D eigenvalue weighted by atomic mass is 35.5. The van der Waals surface area contributed by atoms with Gasteiger partial charge in [0.25, 0.3) is 5.91 Å². The van der Waals surface area contributed by atoms with Crippen LogP contribution in [-0.2, 0) is 0 Å². The van der Waals surface area contributed by atoms with Crippen LogP contribution in [0.15, 0.2) is 72.8 Å². The lowest BCUT2D eigenvalue weighted by Gasteiger charge is -2.06. The third-order valence-electron chi connectivity index (χ3n) is 4.35. The molecule has 3 aromatic carbocycles. The molecule has 4 aromatic rings. The standard InChI is InChI=1S/C22H15ClFN3O2/c23-15-3-1-2-14(10-15)22(29)25-17-7-4-13(5-8-17)19-12-20(27-26-19)18-11-16(24)6-9-21(18)28/h1-12,28H,(H,25,29)(H,26,27). The lowest BCUT2D eigenvalue weighted by molar-refractivity contribution is 0.102. The summed E-state index contributed by atoms with van der Waals surface area (Å²) in [6.07, 6.45) is 0. The van der Waals surface area contributed by atoms with E-state index in [1.165, 1.54) is 18.2 Å². The van der Waals surface area contributed by atoms with Crippen LogP contribution in [0.4, 0.5) is 10.1 Å². The molecular weight excluding hydrogens is 393 g/mol. The highest BCUT2D eigenvalue weighted by Crippen LogP contribution is 2.31. The molecule has 1 amide bonds. The lowest BCUT2D eigenvalue weighted by atomic mass is 10.1. The first-order valence-corrected chi connectivity index (χ1v) is 9.09. The molecule has 0 unspecified atom stereocenters. The van der Waals surface area contributed by atoms with Crippen molar-refractivity contribution in [1.82, 2.24) is 10.2 Å². The number of aromatic amines is 1. The van der Waals surface area contributed by atoms with E-state index in [0.717, 1.165) is 5.56 Å². The van der Waals surface area contributed by atoms with Crippen LogP contribution in [0, 0.1) is 5.82 Å². The number of nitrogens with zero attached hydrogens (tertiary/aromatic N) is 1. The average Bonchev–Trinajstić information content (AvgIpc) is 3.20. The Labute approximate surface area is 170 Å². The monoisotopic (exact) mass is 407 g/mol. The molecule has 5 nitrogen and oxygen atoms in total. The van der Waals surface area contributed by atoms with E-state index < -0.39 is 5.82 Å². The summed E-state index contributed by atoms with van der Waals surface area (Å²) in [5, 5.41) is 20.3. The molecule has 0 aliphatic carbocycles. The fourth-order valence-electron chi connectivity index (χ4n) is 2.89. The van der Waals surface area contributed by atoms with E-state index in [1.807, 2.05) is 0 Å². The Morgan fingerprint density at radius 1 is 1.03 bits per heavy atom. The van der Waals surface area contributed by atoms with Crippen molar-refractivity contribution in [3.8, 4) is 28.3 Å². The summed E-state index contributed by atoms with van der Waals surface area (Å²) in [5.41, 5.74) is 3.33. The molecule has 3 N–H and O–H groups in total. The molecule has 4 rings (SSSR count). The number of aromatic nitrogens is 2. The van der Waals surface area contributed by atoms with E-state index in [2.05, 4.69) is 15.5 Å². The Kier molecular flexibility index (Phi) is 5.01. The third kappa shape index (κ3) is 4.12. The predicted molar refractivity (Wildman–Crippen MR) is 110 cm³/mol. The Hall–Kier alpha value is -3.64. The number of hydrogen-bond acceptors (Lipinski definition) is 3. The van der Waals surface area contributed by atoms with E-state index in [0.29, 0.717) is 33.2 Å². The van der Waals surface area contributed by atoms with E-state index >= 15 is 0 Å². The van der Waals surface area contributed by atoms with Crippen LogP contribution in [0.5, 0.6) is 5.75 Å². The molecule has 0 fully saturated rings. The SMILES string of the molecule is O=C(Nc1ccc(-c2cc(-c3cc(F)ccc3O)[nH]n2)cc1)c1cccc(Cl)c1. The number of benzene rings is 3. The van der Waals surface area contributed by atoms with Gasteiger partial charge in [0.1, 0.15) is 11.6 Å². The maximum Gasteiger partial charge on any atom is 0.255 e. The number of carbonyl (C=O) groups excluding carboxylic acids is 1. The average molecular weight is 408 g/mol. The highest BCUT2D eigenvalue weighted by molar-refractivity contribution is 6.31. The second-order valence-corrected chi connectivity index (χ2v) is 6.81. The number of carbonyl (C=O) groups is 1. The van der Waals surface area contributed by atoms with Crippen LogP contribution in [0.2, 0.25) is 5.02 Å². The van der Waals surface area contributed by atoms with Gasteiger partial charge in [0.15, 0.2) is 0 Å². The molecule has 1 aromatic heterocycles. The minimum absolute atomic E-state index is 0.0410. The first-order chi connectivity index (χ1) is 14.0. The second-order valence-electron chi connectivity index (χ2n) is 6.37. The quantitative estimate of drug-likeness (QED) is 0.418. The van der Waals surface area contributed by atoms with Crippen LogP contribution in [0.25, 0.3) is 22.5 Å². The summed E-state index contributed by atoms with van der Waals surface area (Å²) in [6.45, 7) is 0. The van der Waals surface area contributed by atoms with Gasteiger partial charge in [-0.25, -0.2) is 4.39 Å². The minimum atomic E-state index is -0.450. The minimum Gasteiger partial charge on any atom is -0.507 e. The van der Waals surface area contributed by atoms with Gasteiger partial charge in [-0.2, -0.15) is 5.10 Å². The zero-order chi connectivity index (χ0) is 20.4. The van der Waals surface area contributed by atoms with Gasteiger partial charge < -0.3 is 10.4 Å². The van der Waals surface area contributed by atoms with Gasteiger partial charge >= 0.3 is 0 Å². The number of hydrogen-bond donors (Lipinski definition) is 3. The van der Waals surface area contributed by atoms with Crippen molar-refractivity contribution in [3.05, 3.63) is 89.2 Å². The Morgan fingerprint density at radius 3 is 2.59 bits per heavy atom. The number of phenols is 1. The molecule has 144 valence electrons. The molecule has 1 heterocycles. The van der Waals surface area contributed by atoms with Gasteiger partial charge in [0, 0.05) is 27.4 Å². The number of phenolic OH excluding ortho intramolecular Hbond substituents is 1. The second kappa shape index (κ2) is 7.77. The van der Waals surface area contributed by atoms with E-state index in [-0.39, 0.29) is 11.7 Å². The van der Waals surface area contributed by atoms with Crippen LogP contribution >= 0.6 is 11.6 Å². The lowest BCUT2D eigenvalue weighted by Crippen LogP contribution is -2.11. The maximum absolute atomic E-state index is 13.5. The summed E-state index contributed by atoms with van der Waals surface area (Å²) in [5.74, 6) is -0.752. The molecule has 0 aliphatic heterocycles. The van der Waals surface area contributed by atoms with Gasteiger partial charge in [-0.15, -0.1) is 0 Å². The Bertz CT molecular complexity index is 1190. The number of halogens is 2. The number of rotatable bonds is 4. The van der Waals surface area contributed by atoms with Crippen LogP contribution in [-0.4, -0.2) is 21.2 Å².